The SMILES string of the molecule is C/C=C/C=C(\C=C/c1ccc2c(c1)C(C)(C)c1ccccc1-2)c1ccccc1. The molecule has 0 heterocycles. The zero-order valence-electron chi connectivity index (χ0n) is 16.8. The predicted octanol–water partition coefficient (Wildman–Crippen LogP) is 7.67. The molecule has 0 saturated carbocycles. The van der Waals surface area contributed by atoms with E-state index in [1.165, 1.54) is 39.0 Å². The third kappa shape index (κ3) is 3.27. The van der Waals surface area contributed by atoms with Crippen molar-refractivity contribution in [1.29, 1.82) is 0 Å². The molecule has 0 aliphatic heterocycles. The fraction of sp³-hybridized carbons (Fsp3) is 0.143. The monoisotopic (exact) mass is 362 g/mol. The van der Waals surface area contributed by atoms with Gasteiger partial charge in [0, 0.05) is 5.41 Å². The van der Waals surface area contributed by atoms with Crippen LogP contribution < -0.4 is 0 Å². The topological polar surface area (TPSA) is 0 Å². The van der Waals surface area contributed by atoms with Crippen LogP contribution in [0.5, 0.6) is 0 Å². The molecule has 0 aromatic heterocycles. The van der Waals surface area contributed by atoms with Crippen LogP contribution >= 0.6 is 0 Å². The second-order valence-corrected chi connectivity index (χ2v) is 7.82. The van der Waals surface area contributed by atoms with Crippen molar-refractivity contribution in [2.24, 2.45) is 0 Å². The van der Waals surface area contributed by atoms with E-state index >= 15 is 0 Å². The van der Waals surface area contributed by atoms with E-state index in [0.717, 1.165) is 0 Å². The molecule has 28 heavy (non-hydrogen) atoms. The van der Waals surface area contributed by atoms with E-state index in [2.05, 4.69) is 117 Å². The minimum Gasteiger partial charge on any atom is -0.0876 e. The third-order valence-electron chi connectivity index (χ3n) is 5.64. The highest BCUT2D eigenvalue weighted by Gasteiger charge is 2.34. The van der Waals surface area contributed by atoms with Crippen LogP contribution in [0.2, 0.25) is 0 Å². The summed E-state index contributed by atoms with van der Waals surface area (Å²) in [6.45, 7) is 6.70. The molecule has 0 radical (unpaired) electrons. The minimum atomic E-state index is 0.0405. The Labute approximate surface area is 168 Å². The molecule has 4 rings (SSSR count). The van der Waals surface area contributed by atoms with E-state index in [0.29, 0.717) is 0 Å². The van der Waals surface area contributed by atoms with Gasteiger partial charge in [0.15, 0.2) is 0 Å². The Hall–Kier alpha value is -3.12. The molecule has 0 unspecified atom stereocenters. The Balaban J connectivity index is 1.71. The van der Waals surface area contributed by atoms with Crippen molar-refractivity contribution in [3.8, 4) is 11.1 Å². The van der Waals surface area contributed by atoms with Crippen LogP contribution in [0.15, 0.2) is 97.1 Å². The molecule has 0 saturated heterocycles. The van der Waals surface area contributed by atoms with E-state index in [-0.39, 0.29) is 5.41 Å². The summed E-state index contributed by atoms with van der Waals surface area (Å²) in [6, 6.07) is 26.2. The van der Waals surface area contributed by atoms with E-state index < -0.39 is 0 Å². The normalized spacial score (nSPS) is 15.2. The Kier molecular flexibility index (Phi) is 4.88. The quantitative estimate of drug-likeness (QED) is 0.418. The highest BCUT2D eigenvalue weighted by molar-refractivity contribution is 5.83. The van der Waals surface area contributed by atoms with Crippen molar-refractivity contribution >= 4 is 11.6 Å². The fourth-order valence-corrected chi connectivity index (χ4v) is 4.09. The summed E-state index contributed by atoms with van der Waals surface area (Å²) in [5.41, 5.74) is 9.29. The largest absolute Gasteiger partial charge is 0.0876 e. The van der Waals surface area contributed by atoms with Gasteiger partial charge in [-0.3, -0.25) is 0 Å². The minimum absolute atomic E-state index is 0.0405. The Bertz CT molecular complexity index is 1080. The predicted molar refractivity (Wildman–Crippen MR) is 122 cm³/mol. The first-order valence-corrected chi connectivity index (χ1v) is 9.92. The van der Waals surface area contributed by atoms with Gasteiger partial charge < -0.3 is 0 Å². The third-order valence-corrected chi connectivity index (χ3v) is 5.64. The lowest BCUT2D eigenvalue weighted by Crippen LogP contribution is -2.14. The van der Waals surface area contributed by atoms with Crippen molar-refractivity contribution in [2.75, 3.05) is 0 Å². The number of fused-ring (bicyclic) bond motifs is 3. The number of rotatable bonds is 4. The van der Waals surface area contributed by atoms with Gasteiger partial charge in [0.2, 0.25) is 0 Å². The lowest BCUT2D eigenvalue weighted by Gasteiger charge is -2.21. The maximum absolute atomic E-state index is 2.35. The standard InChI is InChI=1S/C28H26/c1-4-5-11-23(22-12-7-6-8-13-22)18-16-21-17-19-25-24-14-9-10-15-26(24)28(2,3)27(25)20-21/h4-20H,1-3H3/b5-4+,18-16-,23-11+. The molecule has 0 bridgehead atoms. The van der Waals surface area contributed by atoms with E-state index in [1.54, 1.807) is 0 Å². The highest BCUT2D eigenvalue weighted by atomic mass is 14.4. The first-order chi connectivity index (χ1) is 13.6. The molecule has 0 heteroatoms. The summed E-state index contributed by atoms with van der Waals surface area (Å²) in [5, 5.41) is 0. The van der Waals surface area contributed by atoms with Gasteiger partial charge in [-0.25, -0.2) is 0 Å². The maximum Gasteiger partial charge on any atom is 0.0159 e. The van der Waals surface area contributed by atoms with Gasteiger partial charge >= 0.3 is 0 Å². The van der Waals surface area contributed by atoms with Gasteiger partial charge in [-0.05, 0) is 45.9 Å². The van der Waals surface area contributed by atoms with Crippen LogP contribution in [0.25, 0.3) is 22.8 Å². The van der Waals surface area contributed by atoms with E-state index in [4.69, 9.17) is 0 Å². The van der Waals surface area contributed by atoms with E-state index in [9.17, 15) is 0 Å². The van der Waals surface area contributed by atoms with Crippen molar-refractivity contribution in [3.05, 3.63) is 119 Å². The van der Waals surface area contributed by atoms with Crippen LogP contribution in [0.3, 0.4) is 0 Å². The molecule has 0 fully saturated rings. The van der Waals surface area contributed by atoms with Gasteiger partial charge in [-0.1, -0.05) is 117 Å². The van der Waals surface area contributed by atoms with Gasteiger partial charge in [0.05, 0.1) is 0 Å². The van der Waals surface area contributed by atoms with E-state index in [1.807, 2.05) is 6.92 Å². The highest BCUT2D eigenvalue weighted by Crippen LogP contribution is 2.48. The summed E-state index contributed by atoms with van der Waals surface area (Å²) >= 11 is 0. The first-order valence-electron chi connectivity index (χ1n) is 9.92. The molecule has 0 amide bonds. The zero-order valence-corrected chi connectivity index (χ0v) is 16.8. The second kappa shape index (κ2) is 7.48. The van der Waals surface area contributed by atoms with Crippen LogP contribution in [-0.4, -0.2) is 0 Å². The number of benzene rings is 3. The Morgan fingerprint density at radius 3 is 2.29 bits per heavy atom. The zero-order chi connectivity index (χ0) is 19.6. The summed E-state index contributed by atoms with van der Waals surface area (Å²) in [4.78, 5) is 0. The molecule has 0 atom stereocenters. The second-order valence-electron chi connectivity index (χ2n) is 7.82. The van der Waals surface area contributed by atoms with Crippen molar-refractivity contribution in [2.45, 2.75) is 26.2 Å². The van der Waals surface area contributed by atoms with Crippen LogP contribution in [-0.2, 0) is 5.41 Å². The molecule has 0 N–H and O–H groups in total. The van der Waals surface area contributed by atoms with Crippen molar-refractivity contribution in [1.82, 2.24) is 0 Å². The van der Waals surface area contributed by atoms with Crippen molar-refractivity contribution in [3.63, 3.8) is 0 Å². The lowest BCUT2D eigenvalue weighted by molar-refractivity contribution is 0.660. The number of hydrogen-bond donors (Lipinski definition) is 0. The molecule has 3 aromatic rings. The molecule has 3 aromatic carbocycles. The lowest BCUT2D eigenvalue weighted by atomic mass is 9.82. The summed E-state index contributed by atoms with van der Waals surface area (Å²) < 4.78 is 0. The number of hydrogen-bond acceptors (Lipinski definition) is 0. The number of allylic oxidation sites excluding steroid dienone is 5. The summed E-state index contributed by atoms with van der Waals surface area (Å²) in [6.07, 6.45) is 10.8. The molecular formula is C28H26. The van der Waals surface area contributed by atoms with Gasteiger partial charge in [0.25, 0.3) is 0 Å². The first kappa shape index (κ1) is 18.3. The molecule has 0 nitrogen and oxygen atoms in total. The van der Waals surface area contributed by atoms with Gasteiger partial charge in [-0.15, -0.1) is 0 Å². The molecule has 1 aliphatic rings. The average molecular weight is 363 g/mol. The van der Waals surface area contributed by atoms with Gasteiger partial charge in [-0.2, -0.15) is 0 Å². The molecule has 1 aliphatic carbocycles. The van der Waals surface area contributed by atoms with Crippen LogP contribution in [0, 0.1) is 0 Å². The molecule has 138 valence electrons. The fourth-order valence-electron chi connectivity index (χ4n) is 4.09. The van der Waals surface area contributed by atoms with Crippen molar-refractivity contribution < 1.29 is 0 Å². The Morgan fingerprint density at radius 1 is 0.786 bits per heavy atom. The molecule has 0 spiro atoms. The maximum atomic E-state index is 2.35. The smallest absolute Gasteiger partial charge is 0.0159 e. The Morgan fingerprint density at radius 2 is 1.50 bits per heavy atom. The van der Waals surface area contributed by atoms with Gasteiger partial charge in [0.1, 0.15) is 0 Å². The average Bonchev–Trinajstić information content (AvgIpc) is 2.96. The summed E-state index contributed by atoms with van der Waals surface area (Å²) in [7, 11) is 0. The summed E-state index contributed by atoms with van der Waals surface area (Å²) in [5.74, 6) is 0. The van der Waals surface area contributed by atoms with Crippen LogP contribution in [0.4, 0.5) is 0 Å². The van der Waals surface area contributed by atoms with Crippen LogP contribution in [0.1, 0.15) is 43.0 Å². The molecular weight excluding hydrogens is 336 g/mol.